The molecule has 2 N–H and O–H groups in total. The summed E-state index contributed by atoms with van der Waals surface area (Å²) in [7, 11) is -3.52. The Balaban J connectivity index is 1.19. The Kier molecular flexibility index (Phi) is 7.34. The maximum Gasteiger partial charge on any atom is 0.304 e. The van der Waals surface area contributed by atoms with Gasteiger partial charge >= 0.3 is 10.2 Å². The molecule has 1 aliphatic carbocycles. The Morgan fingerprint density at radius 2 is 2.00 bits per heavy atom. The van der Waals surface area contributed by atoms with Gasteiger partial charge in [0, 0.05) is 37.5 Å². The fourth-order valence-electron chi connectivity index (χ4n) is 4.18. The van der Waals surface area contributed by atoms with Crippen LogP contribution in [0.3, 0.4) is 0 Å². The Labute approximate surface area is 195 Å². The molecule has 0 radical (unpaired) electrons. The second-order valence-electron chi connectivity index (χ2n) is 8.10. The van der Waals surface area contributed by atoms with E-state index < -0.39 is 10.2 Å². The molecule has 2 aromatic rings. The number of anilines is 2. The van der Waals surface area contributed by atoms with E-state index in [1.54, 1.807) is 12.1 Å². The summed E-state index contributed by atoms with van der Waals surface area (Å²) in [6, 6.07) is 9.37. The molecule has 0 bridgehead atoms. The van der Waals surface area contributed by atoms with Crippen LogP contribution in [0.15, 0.2) is 41.7 Å². The fourth-order valence-corrected chi connectivity index (χ4v) is 5.83. The van der Waals surface area contributed by atoms with E-state index in [1.165, 1.54) is 20.4 Å². The number of aryl methyl sites for hydroxylation is 1. The van der Waals surface area contributed by atoms with E-state index >= 15 is 0 Å². The molecule has 0 atom stereocenters. The van der Waals surface area contributed by atoms with E-state index in [0.29, 0.717) is 44.4 Å². The van der Waals surface area contributed by atoms with Gasteiger partial charge in [-0.05, 0) is 68.9 Å². The fraction of sp³-hybridized carbons (Fsp3) is 0.478. The number of rotatable bonds is 10. The van der Waals surface area contributed by atoms with Crippen molar-refractivity contribution in [2.24, 2.45) is 5.16 Å². The number of fused-ring (bicyclic) bond motifs is 1. The van der Waals surface area contributed by atoms with Crippen molar-refractivity contribution in [3.63, 3.8) is 0 Å². The number of nitrogen functional groups attached to an aromatic ring is 1. The molecule has 10 heteroatoms. The number of nitrogens with zero attached hydrogens (tertiary/aromatic N) is 4. The second-order valence-corrected chi connectivity index (χ2v) is 9.95. The molecule has 1 aromatic carbocycles. The van der Waals surface area contributed by atoms with Gasteiger partial charge in [-0.15, -0.1) is 0 Å². The van der Waals surface area contributed by atoms with Gasteiger partial charge in [0.2, 0.25) is 0 Å². The lowest BCUT2D eigenvalue weighted by molar-refractivity contribution is 0.158. The molecular formula is C23H31N5O4S. The van der Waals surface area contributed by atoms with Gasteiger partial charge in [-0.3, -0.25) is 4.31 Å². The summed E-state index contributed by atoms with van der Waals surface area (Å²) in [6.45, 7) is 4.50. The SMILES string of the molecule is CCO/N=C1\CCc2cc(OCCCCCN3CCN(c4ccnc(N)c4)S3(=O)=O)ccc21. The van der Waals surface area contributed by atoms with Crippen molar-refractivity contribution >= 4 is 27.4 Å². The molecule has 1 aromatic heterocycles. The lowest BCUT2D eigenvalue weighted by Crippen LogP contribution is -2.33. The molecule has 4 rings (SSSR count). The number of ether oxygens (including phenoxy) is 1. The minimum absolute atomic E-state index is 0.309. The van der Waals surface area contributed by atoms with Crippen LogP contribution >= 0.6 is 0 Å². The number of oxime groups is 1. The zero-order valence-corrected chi connectivity index (χ0v) is 19.8. The monoisotopic (exact) mass is 473 g/mol. The molecule has 0 amide bonds. The standard InChI is InChI=1S/C23H31N5O4S/c1-2-32-26-22-9-6-18-16-20(7-8-21(18)22)31-15-5-3-4-12-27-13-14-28(33(27,29)30)19-10-11-25-23(24)17-19/h7-8,10-11,16-17H,2-6,9,12-15H2,1H3,(H2,24,25)/b26-22+. The van der Waals surface area contributed by atoms with Crippen LogP contribution in [0.4, 0.5) is 11.5 Å². The van der Waals surface area contributed by atoms with E-state index in [4.69, 9.17) is 15.3 Å². The van der Waals surface area contributed by atoms with Crippen LogP contribution in [0.5, 0.6) is 5.75 Å². The van der Waals surface area contributed by atoms with E-state index in [0.717, 1.165) is 49.1 Å². The molecular weight excluding hydrogens is 442 g/mol. The van der Waals surface area contributed by atoms with Crippen LogP contribution in [0.1, 0.15) is 43.7 Å². The van der Waals surface area contributed by atoms with E-state index in [-0.39, 0.29) is 0 Å². The van der Waals surface area contributed by atoms with E-state index in [9.17, 15) is 8.42 Å². The van der Waals surface area contributed by atoms with Gasteiger partial charge in [0.15, 0.2) is 0 Å². The summed E-state index contributed by atoms with van der Waals surface area (Å²) in [5.74, 6) is 1.17. The summed E-state index contributed by atoms with van der Waals surface area (Å²) < 4.78 is 34.5. The number of unbranched alkanes of at least 4 members (excludes halogenated alkanes) is 2. The van der Waals surface area contributed by atoms with Crippen molar-refractivity contribution in [3.8, 4) is 5.75 Å². The number of pyridine rings is 1. The van der Waals surface area contributed by atoms with Gasteiger partial charge in [-0.25, -0.2) is 4.98 Å². The van der Waals surface area contributed by atoms with Crippen molar-refractivity contribution in [2.75, 3.05) is 42.9 Å². The summed E-state index contributed by atoms with van der Waals surface area (Å²) >= 11 is 0. The van der Waals surface area contributed by atoms with Crippen LogP contribution in [-0.2, 0) is 21.5 Å². The number of aromatic nitrogens is 1. The third-order valence-electron chi connectivity index (χ3n) is 5.85. The molecule has 0 unspecified atom stereocenters. The number of nitrogens with two attached hydrogens (primary N) is 1. The number of benzene rings is 1. The van der Waals surface area contributed by atoms with Gasteiger partial charge in [0.25, 0.3) is 0 Å². The molecule has 1 fully saturated rings. The molecule has 178 valence electrons. The highest BCUT2D eigenvalue weighted by molar-refractivity contribution is 7.90. The zero-order valence-electron chi connectivity index (χ0n) is 18.9. The van der Waals surface area contributed by atoms with Crippen molar-refractivity contribution in [1.82, 2.24) is 9.29 Å². The van der Waals surface area contributed by atoms with Crippen molar-refractivity contribution in [1.29, 1.82) is 0 Å². The number of hydrogen-bond acceptors (Lipinski definition) is 7. The molecule has 1 saturated heterocycles. The van der Waals surface area contributed by atoms with Gasteiger partial charge < -0.3 is 15.3 Å². The highest BCUT2D eigenvalue weighted by Gasteiger charge is 2.36. The first kappa shape index (κ1) is 23.3. The predicted molar refractivity (Wildman–Crippen MR) is 129 cm³/mol. The summed E-state index contributed by atoms with van der Waals surface area (Å²) in [5, 5.41) is 4.19. The molecule has 9 nitrogen and oxygen atoms in total. The minimum Gasteiger partial charge on any atom is -0.494 e. The first-order valence-electron chi connectivity index (χ1n) is 11.4. The molecule has 1 aliphatic heterocycles. The number of hydrogen-bond donors (Lipinski definition) is 1. The molecule has 0 spiro atoms. The second kappa shape index (κ2) is 10.4. The smallest absolute Gasteiger partial charge is 0.304 e. The van der Waals surface area contributed by atoms with Crippen LogP contribution in [0.2, 0.25) is 0 Å². The Morgan fingerprint density at radius 1 is 1.12 bits per heavy atom. The minimum atomic E-state index is -3.52. The molecule has 33 heavy (non-hydrogen) atoms. The average Bonchev–Trinajstić information content (AvgIpc) is 3.34. The van der Waals surface area contributed by atoms with Crippen LogP contribution in [-0.4, -0.2) is 56.3 Å². The van der Waals surface area contributed by atoms with Gasteiger partial charge in [0.05, 0.1) is 18.0 Å². The third-order valence-corrected chi connectivity index (χ3v) is 7.82. The lowest BCUT2D eigenvalue weighted by atomic mass is 10.1. The zero-order chi connectivity index (χ0) is 23.3. The highest BCUT2D eigenvalue weighted by atomic mass is 32.2. The summed E-state index contributed by atoms with van der Waals surface area (Å²) in [5.41, 5.74) is 9.65. The van der Waals surface area contributed by atoms with Gasteiger partial charge in [0.1, 0.15) is 18.2 Å². The summed E-state index contributed by atoms with van der Waals surface area (Å²) in [4.78, 5) is 9.12. The van der Waals surface area contributed by atoms with Crippen LogP contribution in [0.25, 0.3) is 0 Å². The average molecular weight is 474 g/mol. The Bertz CT molecular complexity index is 1110. The summed E-state index contributed by atoms with van der Waals surface area (Å²) in [6.07, 6.45) is 5.92. The van der Waals surface area contributed by atoms with E-state index in [1.807, 2.05) is 13.0 Å². The van der Waals surface area contributed by atoms with E-state index in [2.05, 4.69) is 22.3 Å². The normalized spacial score (nSPS) is 18.6. The quantitative estimate of drug-likeness (QED) is 0.420. The first-order valence-corrected chi connectivity index (χ1v) is 12.8. The van der Waals surface area contributed by atoms with Crippen LogP contribution < -0.4 is 14.8 Å². The van der Waals surface area contributed by atoms with Gasteiger partial charge in [-0.2, -0.15) is 12.7 Å². The highest BCUT2D eigenvalue weighted by Crippen LogP contribution is 2.28. The Hall–Kier alpha value is -2.85. The first-order chi connectivity index (χ1) is 16.0. The lowest BCUT2D eigenvalue weighted by Gasteiger charge is -2.20. The predicted octanol–water partition coefficient (Wildman–Crippen LogP) is 2.97. The molecule has 2 aliphatic rings. The molecule has 0 saturated carbocycles. The maximum atomic E-state index is 12.8. The van der Waals surface area contributed by atoms with Crippen LogP contribution in [0, 0.1) is 0 Å². The molecule has 2 heterocycles. The topological polar surface area (TPSA) is 110 Å². The Morgan fingerprint density at radius 3 is 2.82 bits per heavy atom. The van der Waals surface area contributed by atoms with Crippen molar-refractivity contribution < 1.29 is 18.0 Å². The third kappa shape index (κ3) is 5.39. The van der Waals surface area contributed by atoms with Crippen molar-refractivity contribution in [3.05, 3.63) is 47.7 Å². The van der Waals surface area contributed by atoms with Gasteiger partial charge in [-0.1, -0.05) is 5.16 Å². The maximum absolute atomic E-state index is 12.8. The largest absolute Gasteiger partial charge is 0.494 e. The van der Waals surface area contributed by atoms with Crippen molar-refractivity contribution in [2.45, 2.75) is 39.0 Å².